The monoisotopic (exact) mass is 508 g/mol. The third-order valence-corrected chi connectivity index (χ3v) is 8.61. The average Bonchev–Trinajstić information content (AvgIpc) is 2.88. The maximum absolute atomic E-state index is 13.0. The number of nitrogens with zero attached hydrogens (tertiary/aromatic N) is 2. The van der Waals surface area contributed by atoms with Crippen molar-refractivity contribution in [3.05, 3.63) is 59.8 Å². The fourth-order valence-electron chi connectivity index (χ4n) is 5.07. The number of nitrogens with one attached hydrogen (secondary N) is 2. The molecule has 0 spiro atoms. The topological polar surface area (TPSA) is 101 Å². The van der Waals surface area contributed by atoms with Gasteiger partial charge in [0, 0.05) is 24.2 Å². The molecule has 1 unspecified atom stereocenters. The molecule has 9 heteroatoms. The number of likely N-dealkylation sites (tertiary alicyclic amines) is 1. The number of rotatable bonds is 7. The zero-order valence-corrected chi connectivity index (χ0v) is 21.5. The summed E-state index contributed by atoms with van der Waals surface area (Å²) in [6, 6.07) is 13.0. The van der Waals surface area contributed by atoms with Gasteiger partial charge in [-0.3, -0.25) is 9.78 Å². The molecule has 0 saturated carbocycles. The molecule has 3 heterocycles. The number of anilines is 1. The second-order valence-corrected chi connectivity index (χ2v) is 11.4. The van der Waals surface area contributed by atoms with Crippen LogP contribution in [-0.4, -0.2) is 56.5 Å². The van der Waals surface area contributed by atoms with Gasteiger partial charge in [-0.15, -0.1) is 0 Å². The second kappa shape index (κ2) is 10.2. The fraction of sp³-hybridized carbons (Fsp3) is 0.407. The Morgan fingerprint density at radius 2 is 2.00 bits per heavy atom. The Kier molecular flexibility index (Phi) is 6.96. The number of pyridine rings is 1. The van der Waals surface area contributed by atoms with Gasteiger partial charge in [0.15, 0.2) is 6.61 Å². The Balaban J connectivity index is 1.20. The summed E-state index contributed by atoms with van der Waals surface area (Å²) >= 11 is 0. The number of fused-ring (bicyclic) bond motifs is 2. The van der Waals surface area contributed by atoms with Gasteiger partial charge in [0.25, 0.3) is 5.91 Å². The molecule has 0 aliphatic carbocycles. The Hall–Kier alpha value is -3.01. The molecule has 1 atom stereocenters. The van der Waals surface area contributed by atoms with Crippen LogP contribution in [0, 0.1) is 0 Å². The van der Waals surface area contributed by atoms with E-state index >= 15 is 0 Å². The number of carbonyl (C=O) groups is 1. The Bertz CT molecular complexity index is 1380. The van der Waals surface area contributed by atoms with E-state index in [4.69, 9.17) is 4.74 Å². The van der Waals surface area contributed by atoms with Crippen molar-refractivity contribution in [2.45, 2.75) is 50.0 Å². The molecule has 1 saturated heterocycles. The van der Waals surface area contributed by atoms with E-state index in [-0.39, 0.29) is 23.5 Å². The maximum atomic E-state index is 13.0. The van der Waals surface area contributed by atoms with Crippen molar-refractivity contribution in [3.8, 4) is 5.75 Å². The summed E-state index contributed by atoms with van der Waals surface area (Å²) in [5, 5.41) is 3.88. The van der Waals surface area contributed by atoms with Gasteiger partial charge < -0.3 is 15.0 Å². The van der Waals surface area contributed by atoms with Gasteiger partial charge in [-0.25, -0.2) is 13.1 Å². The number of hydrogen-bond donors (Lipinski definition) is 2. The van der Waals surface area contributed by atoms with Gasteiger partial charge in [0.05, 0.1) is 16.1 Å². The fourth-order valence-corrected chi connectivity index (χ4v) is 6.41. The zero-order chi connectivity index (χ0) is 25.3. The molecular formula is C27H32N4O4S. The third kappa shape index (κ3) is 5.23. The normalized spacial score (nSPS) is 17.9. The van der Waals surface area contributed by atoms with Gasteiger partial charge in [-0.1, -0.05) is 26.0 Å². The van der Waals surface area contributed by atoms with E-state index < -0.39 is 10.0 Å². The Labute approximate surface area is 212 Å². The van der Waals surface area contributed by atoms with Crippen molar-refractivity contribution >= 4 is 32.5 Å². The van der Waals surface area contributed by atoms with Crippen LogP contribution in [0.1, 0.15) is 43.7 Å². The number of carbonyl (C=O) groups excluding carboxylic acids is 1. The molecule has 2 N–H and O–H groups in total. The van der Waals surface area contributed by atoms with Gasteiger partial charge >= 0.3 is 0 Å². The quantitative estimate of drug-likeness (QED) is 0.505. The van der Waals surface area contributed by atoms with E-state index in [0.717, 1.165) is 44.4 Å². The summed E-state index contributed by atoms with van der Waals surface area (Å²) in [5.74, 6) is 0.518. The largest absolute Gasteiger partial charge is 0.482 e. The van der Waals surface area contributed by atoms with E-state index in [1.54, 1.807) is 6.07 Å². The van der Waals surface area contributed by atoms with Crippen molar-refractivity contribution in [3.63, 3.8) is 0 Å². The predicted molar refractivity (Wildman–Crippen MR) is 140 cm³/mol. The molecule has 36 heavy (non-hydrogen) atoms. The number of aryl methyl sites for hydroxylation is 1. The molecule has 2 aliphatic rings. The molecule has 0 radical (unpaired) electrons. The second-order valence-electron chi connectivity index (χ2n) is 9.70. The van der Waals surface area contributed by atoms with E-state index in [9.17, 15) is 13.2 Å². The SMILES string of the molecule is CCc1cnc2cccc(C(C)CN3CCC(NS(=O)(=O)c4ccc5c(c4)NC(=O)CO5)CC3)c2c1. The highest BCUT2D eigenvalue weighted by atomic mass is 32.2. The molecule has 8 nitrogen and oxygen atoms in total. The van der Waals surface area contributed by atoms with Crippen molar-refractivity contribution in [1.29, 1.82) is 0 Å². The van der Waals surface area contributed by atoms with Crippen LogP contribution in [0.4, 0.5) is 5.69 Å². The minimum Gasteiger partial charge on any atom is -0.482 e. The van der Waals surface area contributed by atoms with Crippen LogP contribution in [0.25, 0.3) is 10.9 Å². The molecule has 1 fully saturated rings. The molecule has 3 aromatic rings. The number of ether oxygens (including phenoxy) is 1. The number of benzene rings is 2. The number of aromatic nitrogens is 1. The molecule has 0 bridgehead atoms. The Morgan fingerprint density at radius 3 is 2.78 bits per heavy atom. The maximum Gasteiger partial charge on any atom is 0.262 e. The van der Waals surface area contributed by atoms with E-state index in [1.165, 1.54) is 28.6 Å². The van der Waals surface area contributed by atoms with Gasteiger partial charge in [0.1, 0.15) is 5.75 Å². The smallest absolute Gasteiger partial charge is 0.262 e. The summed E-state index contributed by atoms with van der Waals surface area (Å²) < 4.78 is 34.2. The lowest BCUT2D eigenvalue weighted by molar-refractivity contribution is -0.118. The number of sulfonamides is 1. The lowest BCUT2D eigenvalue weighted by atomic mass is 9.94. The van der Waals surface area contributed by atoms with Crippen LogP contribution in [0.2, 0.25) is 0 Å². The zero-order valence-electron chi connectivity index (χ0n) is 20.7. The lowest BCUT2D eigenvalue weighted by Gasteiger charge is -2.34. The molecule has 190 valence electrons. The van der Waals surface area contributed by atoms with Crippen LogP contribution in [0.15, 0.2) is 53.6 Å². The standard InChI is InChI=1S/C27H32N4O4S/c1-3-19-13-23-22(5-4-6-24(23)28-15-19)18(2)16-31-11-9-20(10-12-31)30-36(33,34)21-7-8-26-25(14-21)29-27(32)17-35-26/h4-8,13-15,18,20,30H,3,9-12,16-17H2,1-2H3,(H,29,32). The van der Waals surface area contributed by atoms with Crippen molar-refractivity contribution in [2.24, 2.45) is 0 Å². The van der Waals surface area contributed by atoms with Gasteiger partial charge in [-0.2, -0.15) is 0 Å². The summed E-state index contributed by atoms with van der Waals surface area (Å²) in [5.41, 5.74) is 3.95. The summed E-state index contributed by atoms with van der Waals surface area (Å²) in [6.45, 7) is 6.90. The van der Waals surface area contributed by atoms with Crippen LogP contribution in [0.3, 0.4) is 0 Å². The van der Waals surface area contributed by atoms with Crippen LogP contribution in [-0.2, 0) is 21.2 Å². The molecule has 1 amide bonds. The summed E-state index contributed by atoms with van der Waals surface area (Å²) in [4.78, 5) is 18.8. The van der Waals surface area contributed by atoms with Crippen LogP contribution >= 0.6 is 0 Å². The van der Waals surface area contributed by atoms with Gasteiger partial charge in [-0.05, 0) is 79.7 Å². The number of piperidine rings is 1. The average molecular weight is 509 g/mol. The first-order chi connectivity index (χ1) is 17.3. The van der Waals surface area contributed by atoms with E-state index in [2.05, 4.69) is 58.0 Å². The minimum atomic E-state index is -3.71. The highest BCUT2D eigenvalue weighted by molar-refractivity contribution is 7.89. The van der Waals surface area contributed by atoms with Crippen molar-refractivity contribution in [1.82, 2.24) is 14.6 Å². The Morgan fingerprint density at radius 1 is 1.19 bits per heavy atom. The minimum absolute atomic E-state index is 0.0638. The number of hydrogen-bond acceptors (Lipinski definition) is 6. The summed E-state index contributed by atoms with van der Waals surface area (Å²) in [7, 11) is -3.71. The van der Waals surface area contributed by atoms with Crippen LogP contribution in [0.5, 0.6) is 5.75 Å². The van der Waals surface area contributed by atoms with Crippen molar-refractivity contribution < 1.29 is 17.9 Å². The molecule has 2 aliphatic heterocycles. The molecule has 1 aromatic heterocycles. The first-order valence-electron chi connectivity index (χ1n) is 12.5. The first-order valence-corrected chi connectivity index (χ1v) is 14.0. The van der Waals surface area contributed by atoms with E-state index in [0.29, 0.717) is 17.4 Å². The first kappa shape index (κ1) is 24.7. The highest BCUT2D eigenvalue weighted by Crippen LogP contribution is 2.31. The molecule has 5 rings (SSSR count). The van der Waals surface area contributed by atoms with Gasteiger partial charge in [0.2, 0.25) is 10.0 Å². The van der Waals surface area contributed by atoms with Crippen LogP contribution < -0.4 is 14.8 Å². The lowest BCUT2D eigenvalue weighted by Crippen LogP contribution is -2.45. The molecule has 2 aromatic carbocycles. The highest BCUT2D eigenvalue weighted by Gasteiger charge is 2.27. The van der Waals surface area contributed by atoms with E-state index in [1.807, 2.05) is 6.20 Å². The third-order valence-electron chi connectivity index (χ3n) is 7.09. The molecular weight excluding hydrogens is 476 g/mol. The number of amides is 1. The van der Waals surface area contributed by atoms with Crippen molar-refractivity contribution in [2.75, 3.05) is 31.6 Å². The summed E-state index contributed by atoms with van der Waals surface area (Å²) in [6.07, 6.45) is 4.40. The predicted octanol–water partition coefficient (Wildman–Crippen LogP) is 3.67.